The normalized spacial score (nSPS) is 14.8. The molecule has 1 unspecified atom stereocenters. The van der Waals surface area contributed by atoms with Crippen LogP contribution in [0.4, 0.5) is 5.82 Å². The predicted molar refractivity (Wildman–Crippen MR) is 213 cm³/mol. The van der Waals surface area contributed by atoms with Crippen molar-refractivity contribution >= 4 is 17.0 Å². The molecule has 0 fully saturated rings. The van der Waals surface area contributed by atoms with Gasteiger partial charge < -0.3 is 30.0 Å². The zero-order valence-electron chi connectivity index (χ0n) is 30.4. The molecule has 55 heavy (non-hydrogen) atoms. The fourth-order valence-corrected chi connectivity index (χ4v) is 7.44. The van der Waals surface area contributed by atoms with E-state index in [1.165, 1.54) is 16.7 Å². The van der Waals surface area contributed by atoms with Gasteiger partial charge in [-0.1, -0.05) is 54.6 Å². The molecule has 0 radical (unpaired) electrons. The number of nitrogen functional groups attached to an aromatic ring is 1. The number of benzene rings is 4. The molecule has 10 nitrogen and oxygen atoms in total. The Labute approximate surface area is 319 Å². The van der Waals surface area contributed by atoms with Crippen molar-refractivity contribution in [3.63, 3.8) is 0 Å². The minimum absolute atomic E-state index is 0.247. The van der Waals surface area contributed by atoms with Crippen LogP contribution in [0.2, 0.25) is 0 Å². The molecule has 0 bridgehead atoms. The number of methoxy groups -OCH3 is 1. The lowest BCUT2D eigenvalue weighted by Gasteiger charge is -2.18. The van der Waals surface area contributed by atoms with E-state index in [-0.39, 0.29) is 6.04 Å². The Morgan fingerprint density at radius 1 is 0.836 bits per heavy atom. The molecule has 0 spiro atoms. The second-order valence-electron chi connectivity index (χ2n) is 13.7. The van der Waals surface area contributed by atoms with Crippen molar-refractivity contribution in [1.29, 1.82) is 0 Å². The highest BCUT2D eigenvalue weighted by molar-refractivity contribution is 5.84. The quantitative estimate of drug-likeness (QED) is 0.127. The van der Waals surface area contributed by atoms with Crippen LogP contribution < -0.4 is 20.5 Å². The molecule has 1 atom stereocenters. The van der Waals surface area contributed by atoms with Gasteiger partial charge in [0, 0.05) is 23.5 Å². The maximum absolute atomic E-state index is 6.41. The van der Waals surface area contributed by atoms with Crippen molar-refractivity contribution in [2.45, 2.75) is 38.2 Å². The fraction of sp³-hybridized carbons (Fsp3) is 0.178. The van der Waals surface area contributed by atoms with Crippen LogP contribution in [-0.4, -0.2) is 33.2 Å². The van der Waals surface area contributed by atoms with Gasteiger partial charge in [0.2, 0.25) is 0 Å². The Morgan fingerprint density at radius 2 is 1.67 bits per heavy atom. The molecule has 0 saturated heterocycles. The highest BCUT2D eigenvalue weighted by Crippen LogP contribution is 2.37. The van der Waals surface area contributed by atoms with E-state index in [0.29, 0.717) is 18.2 Å². The summed E-state index contributed by atoms with van der Waals surface area (Å²) in [6, 6.07) is 39.1. The van der Waals surface area contributed by atoms with Crippen molar-refractivity contribution in [2.75, 3.05) is 19.4 Å². The van der Waals surface area contributed by atoms with Gasteiger partial charge in [0.15, 0.2) is 11.5 Å². The molecule has 9 rings (SSSR count). The molecule has 0 saturated carbocycles. The van der Waals surface area contributed by atoms with E-state index in [4.69, 9.17) is 34.6 Å². The van der Waals surface area contributed by atoms with Gasteiger partial charge in [0.05, 0.1) is 23.9 Å². The summed E-state index contributed by atoms with van der Waals surface area (Å²) in [5.41, 5.74) is 17.4. The molecular formula is C45H40N6O4. The van der Waals surface area contributed by atoms with Gasteiger partial charge in [0.1, 0.15) is 42.0 Å². The molecule has 10 heteroatoms. The van der Waals surface area contributed by atoms with Crippen molar-refractivity contribution in [3.05, 3.63) is 162 Å². The molecule has 3 aromatic heterocycles. The number of fused-ring (bicyclic) bond motifs is 2. The van der Waals surface area contributed by atoms with Crippen LogP contribution >= 0.6 is 0 Å². The molecular weight excluding hydrogens is 689 g/mol. The van der Waals surface area contributed by atoms with E-state index in [1.54, 1.807) is 25.8 Å². The third-order valence-corrected chi connectivity index (χ3v) is 10.3. The van der Waals surface area contributed by atoms with Gasteiger partial charge in [0.25, 0.3) is 6.29 Å². The lowest BCUT2D eigenvalue weighted by Crippen LogP contribution is -2.22. The molecule has 7 aromatic rings. The topological polar surface area (TPSA) is 119 Å². The zero-order valence-corrected chi connectivity index (χ0v) is 30.4. The smallest absolute Gasteiger partial charge is 0.269 e. The summed E-state index contributed by atoms with van der Waals surface area (Å²) in [6.45, 7) is 1.23. The summed E-state index contributed by atoms with van der Waals surface area (Å²) in [5.74, 6) is 2.68. The number of anilines is 1. The number of rotatable bonds is 12. The van der Waals surface area contributed by atoms with E-state index in [9.17, 15) is 0 Å². The van der Waals surface area contributed by atoms with Crippen LogP contribution in [0, 0.1) is 0 Å². The molecule has 274 valence electrons. The number of hydrogen-bond donors (Lipinski definition) is 2. The van der Waals surface area contributed by atoms with Crippen molar-refractivity contribution in [3.8, 4) is 39.8 Å². The molecule has 2 aliphatic rings. The first kappa shape index (κ1) is 34.1. The molecule has 4 heterocycles. The number of hydrogen-bond acceptors (Lipinski definition) is 9. The van der Waals surface area contributed by atoms with Gasteiger partial charge in [-0.15, -0.1) is 0 Å². The molecule has 4 aromatic carbocycles. The summed E-state index contributed by atoms with van der Waals surface area (Å²) in [6.07, 6.45) is 7.11. The van der Waals surface area contributed by atoms with Crippen LogP contribution in [0.1, 0.15) is 46.6 Å². The number of imidazole rings is 1. The van der Waals surface area contributed by atoms with Crippen molar-refractivity contribution in [1.82, 2.24) is 24.8 Å². The maximum Gasteiger partial charge on any atom is 0.269 e. The number of ether oxygens (including phenoxy) is 4. The van der Waals surface area contributed by atoms with Gasteiger partial charge in [-0.05, 0) is 109 Å². The van der Waals surface area contributed by atoms with Gasteiger partial charge in [-0.2, -0.15) is 0 Å². The monoisotopic (exact) mass is 728 g/mol. The maximum atomic E-state index is 6.41. The molecule has 1 aliphatic carbocycles. The van der Waals surface area contributed by atoms with Gasteiger partial charge >= 0.3 is 0 Å². The van der Waals surface area contributed by atoms with Crippen LogP contribution in [0.15, 0.2) is 134 Å². The van der Waals surface area contributed by atoms with Gasteiger partial charge in [-0.25, -0.2) is 15.0 Å². The molecule has 1 aliphatic heterocycles. The number of aryl methyl sites for hydroxylation is 1. The van der Waals surface area contributed by atoms with Gasteiger partial charge in [-0.3, -0.25) is 4.57 Å². The lowest BCUT2D eigenvalue weighted by molar-refractivity contribution is -0.0266. The number of aromatic nitrogens is 4. The Balaban J connectivity index is 0.937. The first-order valence-electron chi connectivity index (χ1n) is 18.5. The van der Waals surface area contributed by atoms with Crippen LogP contribution in [-0.2, 0) is 28.9 Å². The summed E-state index contributed by atoms with van der Waals surface area (Å²) in [7, 11) is 1.66. The number of nitrogens with one attached hydrogen (secondary N) is 1. The summed E-state index contributed by atoms with van der Waals surface area (Å²) in [5, 5.41) is 3.83. The highest BCUT2D eigenvalue weighted by Gasteiger charge is 2.26. The van der Waals surface area contributed by atoms with E-state index in [1.807, 2.05) is 72.8 Å². The minimum Gasteiger partial charge on any atom is -0.497 e. The standard InChI is InChI=1S/C45H40N6O4/c1-52-34-14-9-30(10-15-34)28-55-41-20-11-29(26-37(41)45-53-24-25-54-45)21-23-47-39-17-12-32-27-33(13-16-35(32)39)51-43(36-8-5-22-48-42(36)46)50-40-19-18-38(49-44(40)51)31-6-3-2-4-7-31/h2-11,13-16,18-20,22,24-27,39,45,47H,12,17,21,23,28H2,1H3,(H2,46,48). The SMILES string of the molecule is COc1ccc(COc2ccc(CCNC3CCc4cc(-n5c(-c6cccnc6N)nc6ccc(-c7ccccc7)nc65)ccc43)cc2C2OC=CO2)cc1. The number of nitrogens with two attached hydrogens (primary N) is 1. The Morgan fingerprint density at radius 3 is 2.49 bits per heavy atom. The first-order valence-corrected chi connectivity index (χ1v) is 18.5. The van der Waals surface area contributed by atoms with E-state index >= 15 is 0 Å². The average molecular weight is 729 g/mol. The molecule has 0 amide bonds. The largest absolute Gasteiger partial charge is 0.497 e. The first-order chi connectivity index (χ1) is 27.1. The average Bonchev–Trinajstić information content (AvgIpc) is 4.00. The summed E-state index contributed by atoms with van der Waals surface area (Å²) >= 11 is 0. The minimum atomic E-state index is -0.544. The fourth-order valence-electron chi connectivity index (χ4n) is 7.44. The van der Waals surface area contributed by atoms with E-state index in [0.717, 1.165) is 82.1 Å². The second-order valence-corrected chi connectivity index (χ2v) is 13.7. The van der Waals surface area contributed by atoms with Crippen molar-refractivity contribution in [2.24, 2.45) is 0 Å². The summed E-state index contributed by atoms with van der Waals surface area (Å²) in [4.78, 5) is 14.5. The van der Waals surface area contributed by atoms with E-state index in [2.05, 4.69) is 57.3 Å². The summed E-state index contributed by atoms with van der Waals surface area (Å²) < 4.78 is 25.1. The third-order valence-electron chi connectivity index (χ3n) is 10.3. The Bertz CT molecular complexity index is 2490. The second kappa shape index (κ2) is 15.0. The molecule has 3 N–H and O–H groups in total. The lowest BCUT2D eigenvalue weighted by atomic mass is 10.0. The number of nitrogens with zero attached hydrogens (tertiary/aromatic N) is 4. The zero-order chi connectivity index (χ0) is 37.1. The Kier molecular flexibility index (Phi) is 9.31. The third kappa shape index (κ3) is 6.95. The van der Waals surface area contributed by atoms with Crippen molar-refractivity contribution < 1.29 is 18.9 Å². The van der Waals surface area contributed by atoms with Crippen LogP contribution in [0.5, 0.6) is 11.5 Å². The number of pyridine rings is 2. The van der Waals surface area contributed by atoms with Crippen LogP contribution in [0.3, 0.4) is 0 Å². The van der Waals surface area contributed by atoms with E-state index < -0.39 is 6.29 Å². The predicted octanol–water partition coefficient (Wildman–Crippen LogP) is 8.66. The highest BCUT2D eigenvalue weighted by atomic mass is 16.7. The Hall–Kier alpha value is -6.65. The van der Waals surface area contributed by atoms with Crippen LogP contribution in [0.25, 0.3) is 39.5 Å².